The Morgan fingerprint density at radius 1 is 0.750 bits per heavy atom. The van der Waals surface area contributed by atoms with Crippen LogP contribution in [0.4, 0.5) is 0 Å². The van der Waals surface area contributed by atoms with Crippen LogP contribution in [0.1, 0.15) is 0 Å². The molecule has 2 radical (unpaired) electrons. The molecule has 0 N–H and O–H groups in total. The van der Waals surface area contributed by atoms with Crippen molar-refractivity contribution < 1.29 is 96.0 Å². The Kier molecular flexibility index (Phi) is 128. The fourth-order valence-electron chi connectivity index (χ4n) is 0. The molecule has 0 saturated heterocycles. The molecule has 0 rings (SSSR count). The summed E-state index contributed by atoms with van der Waals surface area (Å²) in [4.78, 5) is 0. The molecule has 0 spiro atoms. The minimum absolute atomic E-state index is 0. The Balaban J connectivity index is 0. The van der Waals surface area contributed by atoms with Crippen molar-refractivity contribution in [3.8, 4) is 0 Å². The molecule has 0 aliphatic rings. The summed E-state index contributed by atoms with van der Waals surface area (Å²) < 4.78 is 0. The quantitative estimate of drug-likeness (QED) is 0.568. The van der Waals surface area contributed by atoms with Crippen molar-refractivity contribution >= 4 is 0 Å². The van der Waals surface area contributed by atoms with E-state index < -0.39 is 0 Å². The van der Waals surface area contributed by atoms with Gasteiger partial charge in [0.1, 0.15) is 0 Å². The Bertz CT molecular complexity index is 6.00. The van der Waals surface area contributed by atoms with Crippen LogP contribution in [0.2, 0.25) is 0 Å². The van der Waals surface area contributed by atoms with E-state index in [4.69, 9.17) is 0 Å². The third-order valence-electron chi connectivity index (χ3n) is 0. The fourth-order valence-corrected chi connectivity index (χ4v) is 0. The summed E-state index contributed by atoms with van der Waals surface area (Å²) in [5, 5.41) is 0. The topological polar surface area (TPSA) is 57.0 Å². The van der Waals surface area contributed by atoms with Gasteiger partial charge in [0.2, 0.25) is 0 Å². The zero-order valence-electron chi connectivity index (χ0n) is 1.40. The van der Waals surface area contributed by atoms with Crippen molar-refractivity contribution in [1.82, 2.24) is 0 Å². The first-order valence-corrected chi connectivity index (χ1v) is 0. The van der Waals surface area contributed by atoms with Gasteiger partial charge in [0, 0.05) is 0 Å². The second-order valence-corrected chi connectivity index (χ2v) is 0. The van der Waals surface area contributed by atoms with Crippen molar-refractivity contribution in [3.05, 3.63) is 0 Å². The van der Waals surface area contributed by atoms with Gasteiger partial charge in [-0.25, -0.2) is 0 Å². The first-order chi connectivity index (χ1) is 0. The third kappa shape index (κ3) is 8.83. The van der Waals surface area contributed by atoms with Crippen LogP contribution in [0.25, 0.3) is 0 Å². The summed E-state index contributed by atoms with van der Waals surface area (Å²) in [6, 6.07) is 0. The second-order valence-electron chi connectivity index (χ2n) is 0. The standard InChI is InChI=1S/Dy.2O.Yb/q+3;2*-2;+3. The molecule has 0 unspecified atom stereocenters. The molecule has 0 bridgehead atoms. The van der Waals surface area contributed by atoms with Crippen LogP contribution < -0.4 is 0 Å². The van der Waals surface area contributed by atoms with Gasteiger partial charge in [0.15, 0.2) is 0 Å². The molecule has 0 atom stereocenters. The monoisotopic (exact) mass is 370 g/mol. The zero-order chi connectivity index (χ0) is 0. The summed E-state index contributed by atoms with van der Waals surface area (Å²) >= 11 is 0. The average molecular weight is 368 g/mol. The van der Waals surface area contributed by atoms with Crippen molar-refractivity contribution in [1.29, 1.82) is 0 Å². The van der Waals surface area contributed by atoms with Crippen LogP contribution in [-0.2, 0) is 11.0 Å². The van der Waals surface area contributed by atoms with Gasteiger partial charge in [-0.05, 0) is 0 Å². The predicted molar refractivity (Wildman–Crippen MR) is 1.37 cm³/mol. The van der Waals surface area contributed by atoms with E-state index in [1.54, 1.807) is 0 Å². The van der Waals surface area contributed by atoms with Crippen molar-refractivity contribution in [2.45, 2.75) is 0 Å². The summed E-state index contributed by atoms with van der Waals surface area (Å²) in [6.07, 6.45) is 0. The Labute approximate surface area is 93.6 Å². The van der Waals surface area contributed by atoms with E-state index in [9.17, 15) is 0 Å². The van der Waals surface area contributed by atoms with Gasteiger partial charge in [0.05, 0.1) is 0 Å². The normalized spacial score (nSPS) is 0. The Morgan fingerprint density at radius 2 is 0.750 bits per heavy atom. The summed E-state index contributed by atoms with van der Waals surface area (Å²) in [7, 11) is 0. The van der Waals surface area contributed by atoms with E-state index in [-0.39, 0.29) is 96.0 Å². The maximum Gasteiger partial charge on any atom is 3.00 e. The van der Waals surface area contributed by atoms with E-state index in [0.29, 0.717) is 0 Å². The van der Waals surface area contributed by atoms with Gasteiger partial charge < -0.3 is 11.0 Å². The average Bonchev–Trinajstić information content (AvgIpc) is 0. The molecule has 0 heterocycles. The molecule has 0 aliphatic carbocycles. The molecule has 0 aliphatic heterocycles. The number of hydrogen-bond donors (Lipinski definition) is 0. The van der Waals surface area contributed by atoms with Gasteiger partial charge in [0.25, 0.3) is 0 Å². The molecule has 0 aromatic carbocycles. The maximum atomic E-state index is 0. The molecule has 0 amide bonds. The number of hydrogen-bond acceptors (Lipinski definition) is 0. The Morgan fingerprint density at radius 3 is 0.750 bits per heavy atom. The summed E-state index contributed by atoms with van der Waals surface area (Å²) in [5.74, 6) is 0. The van der Waals surface area contributed by atoms with Crippen LogP contribution in [0, 0.1) is 85.1 Å². The zero-order valence-corrected chi connectivity index (χ0v) is 5.14. The van der Waals surface area contributed by atoms with E-state index in [2.05, 4.69) is 0 Å². The van der Waals surface area contributed by atoms with Crippen LogP contribution in [0.3, 0.4) is 0 Å². The first kappa shape index (κ1) is 29.8. The van der Waals surface area contributed by atoms with Gasteiger partial charge in [-0.3, -0.25) is 0 Å². The molecule has 4 heteroatoms. The minimum atomic E-state index is 0. The second kappa shape index (κ2) is 17.2. The van der Waals surface area contributed by atoms with Gasteiger partial charge in [-0.15, -0.1) is 0 Å². The fraction of sp³-hybridized carbons (Fsp3) is 0. The van der Waals surface area contributed by atoms with Crippen LogP contribution in [-0.4, -0.2) is 0 Å². The molecule has 0 aromatic heterocycles. The van der Waals surface area contributed by atoms with E-state index >= 15 is 0 Å². The molecule has 34 valence electrons. The van der Waals surface area contributed by atoms with Gasteiger partial charge in [-0.2, -0.15) is 0 Å². The molecule has 0 aromatic rings. The molecule has 4 heavy (non-hydrogen) atoms. The summed E-state index contributed by atoms with van der Waals surface area (Å²) in [5.41, 5.74) is 0. The smallest absolute Gasteiger partial charge is 2.00 e. The van der Waals surface area contributed by atoms with Crippen LogP contribution in [0.5, 0.6) is 0 Å². The van der Waals surface area contributed by atoms with Gasteiger partial charge >= 0.3 is 85.1 Å². The van der Waals surface area contributed by atoms with Crippen molar-refractivity contribution in [2.24, 2.45) is 0 Å². The van der Waals surface area contributed by atoms with Crippen LogP contribution >= 0.6 is 0 Å². The van der Waals surface area contributed by atoms with Crippen molar-refractivity contribution in [2.75, 3.05) is 0 Å². The predicted octanol–water partition coefficient (Wildman–Crippen LogP) is -0.238. The maximum absolute atomic E-state index is 0. The number of rotatable bonds is 0. The van der Waals surface area contributed by atoms with Crippen molar-refractivity contribution in [3.63, 3.8) is 0 Å². The summed E-state index contributed by atoms with van der Waals surface area (Å²) in [6.45, 7) is 0. The molecular formula is DyO2Yb+2. The SMILES string of the molecule is [Dy+3].[O-2].[O-2].[Yb+3]. The van der Waals surface area contributed by atoms with Crippen LogP contribution in [0.15, 0.2) is 0 Å². The van der Waals surface area contributed by atoms with E-state index in [1.165, 1.54) is 0 Å². The third-order valence-corrected chi connectivity index (χ3v) is 0. The minimum Gasteiger partial charge on any atom is -2.00 e. The molecule has 0 saturated carbocycles. The van der Waals surface area contributed by atoms with Gasteiger partial charge in [-0.1, -0.05) is 0 Å². The first-order valence-electron chi connectivity index (χ1n) is 0. The Hall–Kier alpha value is 2.71. The van der Waals surface area contributed by atoms with E-state index in [0.717, 1.165) is 0 Å². The molecule has 2 nitrogen and oxygen atoms in total. The molecular weight excluding hydrogens is 368 g/mol. The van der Waals surface area contributed by atoms with E-state index in [1.807, 2.05) is 0 Å². The molecule has 0 fully saturated rings. The largest absolute Gasteiger partial charge is 3.00 e.